The van der Waals surface area contributed by atoms with Crippen molar-refractivity contribution < 1.29 is 4.79 Å². The fourth-order valence-corrected chi connectivity index (χ4v) is 1.25. The summed E-state index contributed by atoms with van der Waals surface area (Å²) in [5.74, 6) is 0. The van der Waals surface area contributed by atoms with Crippen molar-refractivity contribution in [3.63, 3.8) is 0 Å². The van der Waals surface area contributed by atoms with E-state index in [9.17, 15) is 4.79 Å². The van der Waals surface area contributed by atoms with Gasteiger partial charge in [-0.05, 0) is 12.0 Å². The Balaban J connectivity index is 2.83. The molecule has 1 aromatic carbocycles. The summed E-state index contributed by atoms with van der Waals surface area (Å²) in [7, 11) is 0. The number of carbonyl (C=O) groups excluding carboxylic acids is 1. The van der Waals surface area contributed by atoms with Gasteiger partial charge in [-0.3, -0.25) is 0 Å². The Morgan fingerprint density at radius 3 is 2.60 bits per heavy atom. The topological polar surface area (TPSA) is 67.5 Å². The Morgan fingerprint density at radius 1 is 1.40 bits per heavy atom. The fraction of sp³-hybridized carbons (Fsp3) is 0.273. The molecule has 0 aliphatic heterocycles. The minimum Gasteiger partial charge on any atom is -0.350 e. The summed E-state index contributed by atoms with van der Waals surface area (Å²) in [4.78, 5) is 10.5. The van der Waals surface area contributed by atoms with Crippen molar-refractivity contribution in [1.82, 2.24) is 5.43 Å². The molecule has 0 aliphatic rings. The molecule has 0 bridgehead atoms. The van der Waals surface area contributed by atoms with Crippen molar-refractivity contribution in [2.75, 3.05) is 0 Å². The van der Waals surface area contributed by atoms with Crippen LogP contribution in [0.4, 0.5) is 4.79 Å². The van der Waals surface area contributed by atoms with Gasteiger partial charge >= 0.3 is 6.03 Å². The Kier molecular flexibility index (Phi) is 4.34. The quantitative estimate of drug-likeness (QED) is 0.571. The first-order chi connectivity index (χ1) is 7.24. The fourth-order valence-electron chi connectivity index (χ4n) is 1.25. The molecule has 0 radical (unpaired) electrons. The predicted octanol–water partition coefficient (Wildman–Crippen LogP) is 1.86. The van der Waals surface area contributed by atoms with E-state index < -0.39 is 6.03 Å². The smallest absolute Gasteiger partial charge is 0.332 e. The summed E-state index contributed by atoms with van der Waals surface area (Å²) in [6.07, 6.45) is 1.78. The van der Waals surface area contributed by atoms with E-state index in [0.29, 0.717) is 0 Å². The van der Waals surface area contributed by atoms with Gasteiger partial charge in [0.2, 0.25) is 0 Å². The van der Waals surface area contributed by atoms with Crippen LogP contribution in [0.1, 0.15) is 25.3 Å². The molecule has 0 aliphatic carbocycles. The average molecular weight is 205 g/mol. The van der Waals surface area contributed by atoms with Gasteiger partial charge in [-0.25, -0.2) is 10.2 Å². The second-order valence-electron chi connectivity index (χ2n) is 3.15. The highest BCUT2D eigenvalue weighted by Crippen LogP contribution is 2.05. The Morgan fingerprint density at radius 2 is 2.07 bits per heavy atom. The van der Waals surface area contributed by atoms with Gasteiger partial charge in [0.1, 0.15) is 0 Å². The van der Waals surface area contributed by atoms with Crippen LogP contribution in [0.15, 0.2) is 35.4 Å². The second kappa shape index (κ2) is 5.80. The molecular formula is C11H15N3O. The molecule has 0 spiro atoms. The second-order valence-corrected chi connectivity index (χ2v) is 3.15. The van der Waals surface area contributed by atoms with Crippen molar-refractivity contribution in [1.29, 1.82) is 0 Å². The lowest BCUT2D eigenvalue weighted by molar-refractivity contribution is 0.249. The number of carbonyl (C=O) groups is 1. The molecule has 1 rings (SSSR count). The third-order valence-electron chi connectivity index (χ3n) is 1.89. The van der Waals surface area contributed by atoms with Gasteiger partial charge in [-0.1, -0.05) is 43.7 Å². The molecule has 0 fully saturated rings. The first-order valence-electron chi connectivity index (χ1n) is 4.91. The number of amides is 2. The summed E-state index contributed by atoms with van der Waals surface area (Å²) in [5.41, 5.74) is 9.07. The van der Waals surface area contributed by atoms with Crippen molar-refractivity contribution in [2.45, 2.75) is 19.8 Å². The minimum absolute atomic E-state index is 0.639. The maximum atomic E-state index is 10.5. The molecule has 0 aromatic heterocycles. The Bertz CT molecular complexity index is 346. The number of nitrogens with one attached hydrogen (secondary N) is 1. The van der Waals surface area contributed by atoms with Gasteiger partial charge in [0.15, 0.2) is 0 Å². The number of hydrazone groups is 1. The number of primary amides is 1. The number of hydrogen-bond donors (Lipinski definition) is 2. The summed E-state index contributed by atoms with van der Waals surface area (Å²) in [6.45, 7) is 2.06. The van der Waals surface area contributed by atoms with Crippen LogP contribution in [-0.4, -0.2) is 11.7 Å². The minimum atomic E-state index is -0.639. The van der Waals surface area contributed by atoms with Gasteiger partial charge in [0, 0.05) is 0 Å². The largest absolute Gasteiger partial charge is 0.350 e. The predicted molar refractivity (Wildman–Crippen MR) is 60.6 cm³/mol. The average Bonchev–Trinajstić information content (AvgIpc) is 2.25. The summed E-state index contributed by atoms with van der Waals surface area (Å²) in [5, 5.41) is 3.98. The first-order valence-corrected chi connectivity index (χ1v) is 4.91. The number of rotatable bonds is 4. The lowest BCUT2D eigenvalue weighted by atomic mass is 10.1. The molecule has 0 saturated carbocycles. The standard InChI is InChI=1S/C11H15N3O/c1-2-6-10(13-14-11(12)15)9-7-4-3-5-8-9/h3-5,7-8H,2,6H2,1H3,(H3,12,14,15)/b13-10-. The molecule has 3 N–H and O–H groups in total. The number of benzene rings is 1. The Hall–Kier alpha value is -1.84. The van der Waals surface area contributed by atoms with Crippen LogP contribution in [0.25, 0.3) is 0 Å². The van der Waals surface area contributed by atoms with Crippen LogP contribution in [0.2, 0.25) is 0 Å². The molecular weight excluding hydrogens is 190 g/mol. The van der Waals surface area contributed by atoms with E-state index >= 15 is 0 Å². The lowest BCUT2D eigenvalue weighted by Gasteiger charge is -2.04. The van der Waals surface area contributed by atoms with Crippen LogP contribution < -0.4 is 11.2 Å². The van der Waals surface area contributed by atoms with E-state index in [0.717, 1.165) is 24.1 Å². The van der Waals surface area contributed by atoms with Crippen molar-refractivity contribution >= 4 is 11.7 Å². The molecule has 80 valence electrons. The first kappa shape index (κ1) is 11.2. The van der Waals surface area contributed by atoms with E-state index in [1.165, 1.54) is 0 Å². The van der Waals surface area contributed by atoms with Gasteiger partial charge in [0.05, 0.1) is 5.71 Å². The van der Waals surface area contributed by atoms with Gasteiger partial charge < -0.3 is 5.73 Å². The molecule has 0 saturated heterocycles. The van der Waals surface area contributed by atoms with E-state index in [1.807, 2.05) is 30.3 Å². The molecule has 0 atom stereocenters. The van der Waals surface area contributed by atoms with E-state index in [1.54, 1.807) is 0 Å². The molecule has 0 unspecified atom stereocenters. The normalized spacial score (nSPS) is 11.1. The zero-order chi connectivity index (χ0) is 11.1. The molecule has 2 amide bonds. The van der Waals surface area contributed by atoms with Gasteiger partial charge in [-0.15, -0.1) is 0 Å². The number of nitrogens with zero attached hydrogens (tertiary/aromatic N) is 1. The number of nitrogens with two attached hydrogens (primary N) is 1. The number of hydrogen-bond acceptors (Lipinski definition) is 2. The monoisotopic (exact) mass is 205 g/mol. The van der Waals surface area contributed by atoms with E-state index in [4.69, 9.17) is 5.73 Å². The van der Waals surface area contributed by atoms with Crippen molar-refractivity contribution in [3.8, 4) is 0 Å². The van der Waals surface area contributed by atoms with Crippen molar-refractivity contribution in [2.24, 2.45) is 10.8 Å². The van der Waals surface area contributed by atoms with Crippen LogP contribution >= 0.6 is 0 Å². The zero-order valence-corrected chi connectivity index (χ0v) is 8.73. The highest BCUT2D eigenvalue weighted by molar-refractivity contribution is 6.00. The van der Waals surface area contributed by atoms with E-state index in [2.05, 4.69) is 17.5 Å². The molecule has 4 heteroatoms. The Labute approximate surface area is 89.2 Å². The van der Waals surface area contributed by atoms with Gasteiger partial charge in [-0.2, -0.15) is 5.10 Å². The van der Waals surface area contributed by atoms with Crippen molar-refractivity contribution in [3.05, 3.63) is 35.9 Å². The third kappa shape index (κ3) is 3.81. The highest BCUT2D eigenvalue weighted by atomic mass is 16.2. The van der Waals surface area contributed by atoms with Crippen LogP contribution in [0.5, 0.6) is 0 Å². The maximum Gasteiger partial charge on any atom is 0.332 e. The summed E-state index contributed by atoms with van der Waals surface area (Å²) < 4.78 is 0. The summed E-state index contributed by atoms with van der Waals surface area (Å²) >= 11 is 0. The van der Waals surface area contributed by atoms with E-state index in [-0.39, 0.29) is 0 Å². The zero-order valence-electron chi connectivity index (χ0n) is 8.73. The summed E-state index contributed by atoms with van der Waals surface area (Å²) in [6, 6.07) is 9.08. The maximum absolute atomic E-state index is 10.5. The van der Waals surface area contributed by atoms with Crippen LogP contribution in [0.3, 0.4) is 0 Å². The molecule has 0 heterocycles. The molecule has 4 nitrogen and oxygen atoms in total. The van der Waals surface area contributed by atoms with Crippen LogP contribution in [0, 0.1) is 0 Å². The van der Waals surface area contributed by atoms with Gasteiger partial charge in [0.25, 0.3) is 0 Å². The third-order valence-corrected chi connectivity index (χ3v) is 1.89. The number of urea groups is 1. The molecule has 15 heavy (non-hydrogen) atoms. The SMILES string of the molecule is CCC/C(=N/NC(N)=O)c1ccccc1. The van der Waals surface area contributed by atoms with Crippen LogP contribution in [-0.2, 0) is 0 Å². The lowest BCUT2D eigenvalue weighted by Crippen LogP contribution is -2.26. The molecule has 1 aromatic rings. The highest BCUT2D eigenvalue weighted by Gasteiger charge is 2.01.